The van der Waals surface area contributed by atoms with E-state index in [1.54, 1.807) is 12.1 Å². The minimum absolute atomic E-state index is 0.0775. The molecule has 1 fully saturated rings. The Balaban J connectivity index is 1.42. The van der Waals surface area contributed by atoms with E-state index in [1.807, 2.05) is 38.4 Å². The molecule has 0 unspecified atom stereocenters. The van der Waals surface area contributed by atoms with Crippen LogP contribution in [0.25, 0.3) is 0 Å². The molecule has 0 aliphatic carbocycles. The molecule has 6 nitrogen and oxygen atoms in total. The zero-order chi connectivity index (χ0) is 21.3. The summed E-state index contributed by atoms with van der Waals surface area (Å²) in [6, 6.07) is 13.5. The number of benzene rings is 2. The first-order chi connectivity index (χ1) is 14.4. The third-order valence-electron chi connectivity index (χ3n) is 5.82. The van der Waals surface area contributed by atoms with E-state index in [0.717, 1.165) is 22.6 Å². The quantitative estimate of drug-likeness (QED) is 0.736. The summed E-state index contributed by atoms with van der Waals surface area (Å²) < 4.78 is 12.1. The maximum Gasteiger partial charge on any atom is 0.222 e. The Morgan fingerprint density at radius 2 is 2.00 bits per heavy atom. The van der Waals surface area contributed by atoms with Gasteiger partial charge in [-0.2, -0.15) is 0 Å². The third-order valence-corrected chi connectivity index (χ3v) is 6.07. The van der Waals surface area contributed by atoms with Crippen LogP contribution in [-0.2, 0) is 16.1 Å². The van der Waals surface area contributed by atoms with Crippen LogP contribution >= 0.6 is 11.6 Å². The maximum atomic E-state index is 12.5. The number of hydrogen-bond acceptors (Lipinski definition) is 5. The number of amides is 1. The molecule has 4 rings (SSSR count). The van der Waals surface area contributed by atoms with Crippen molar-refractivity contribution in [2.75, 3.05) is 25.6 Å². The molecule has 0 aromatic heterocycles. The Bertz CT molecular complexity index is 903. The second-order valence-corrected chi connectivity index (χ2v) is 8.56. The molecule has 30 heavy (non-hydrogen) atoms. The minimum atomic E-state index is -0.451. The molecule has 0 saturated carbocycles. The molecule has 7 heteroatoms. The number of carbonyl (C=O) groups excluding carboxylic acids is 1. The Hall–Kier alpha value is -2.28. The van der Waals surface area contributed by atoms with Crippen molar-refractivity contribution in [1.82, 2.24) is 5.32 Å². The van der Waals surface area contributed by atoms with E-state index in [1.165, 1.54) is 0 Å². The summed E-state index contributed by atoms with van der Waals surface area (Å²) in [5.74, 6) is 0.858. The number of fused-ring (bicyclic) bond motifs is 3. The smallest absolute Gasteiger partial charge is 0.222 e. The van der Waals surface area contributed by atoms with Gasteiger partial charge in [0, 0.05) is 42.8 Å². The molecule has 2 aliphatic heterocycles. The molecule has 2 aromatic rings. The lowest BCUT2D eigenvalue weighted by Crippen LogP contribution is -2.47. The molecule has 2 aliphatic rings. The van der Waals surface area contributed by atoms with Gasteiger partial charge in [-0.1, -0.05) is 23.7 Å². The molecule has 0 spiro atoms. The highest BCUT2D eigenvalue weighted by molar-refractivity contribution is 6.30. The predicted octanol–water partition coefficient (Wildman–Crippen LogP) is 3.11. The van der Waals surface area contributed by atoms with E-state index in [0.29, 0.717) is 18.0 Å². The highest BCUT2D eigenvalue weighted by Crippen LogP contribution is 2.47. The number of rotatable bonds is 6. The first kappa shape index (κ1) is 21.0. The second-order valence-electron chi connectivity index (χ2n) is 8.13. The monoisotopic (exact) mass is 430 g/mol. The van der Waals surface area contributed by atoms with Crippen LogP contribution in [0.2, 0.25) is 5.02 Å². The van der Waals surface area contributed by atoms with Crippen molar-refractivity contribution < 1.29 is 19.4 Å². The van der Waals surface area contributed by atoms with Crippen molar-refractivity contribution in [3.63, 3.8) is 0 Å². The molecule has 2 heterocycles. The number of anilines is 1. The van der Waals surface area contributed by atoms with Crippen LogP contribution in [0.1, 0.15) is 29.9 Å². The summed E-state index contributed by atoms with van der Waals surface area (Å²) in [7, 11) is 4.01. The molecule has 0 radical (unpaired) electrons. The van der Waals surface area contributed by atoms with Crippen molar-refractivity contribution in [2.24, 2.45) is 0 Å². The Morgan fingerprint density at radius 3 is 2.70 bits per heavy atom. The molecule has 4 atom stereocenters. The molecule has 2 N–H and O–H groups in total. The van der Waals surface area contributed by atoms with Crippen LogP contribution in [0, 0.1) is 0 Å². The number of carbonyl (C=O) groups is 1. The standard InChI is InChI=1S/C23H27ClN2O4/c1-26(2)16-7-8-20-18(9-16)19-10-17(29-21(13-27)23(19)30-20)11-22(28)25-12-14-3-5-15(24)6-4-14/h3-9,17,19,21,23,27H,10-13H2,1-2H3,(H,25,28)/t17-,19+,21-,23-/m0/s1. The van der Waals surface area contributed by atoms with Crippen molar-refractivity contribution >= 4 is 23.2 Å². The van der Waals surface area contributed by atoms with Gasteiger partial charge in [-0.05, 0) is 42.3 Å². The van der Waals surface area contributed by atoms with Gasteiger partial charge in [0.2, 0.25) is 5.91 Å². The van der Waals surface area contributed by atoms with Gasteiger partial charge in [0.15, 0.2) is 0 Å². The van der Waals surface area contributed by atoms with Crippen molar-refractivity contribution in [3.8, 4) is 5.75 Å². The number of hydrogen-bond donors (Lipinski definition) is 2. The highest BCUT2D eigenvalue weighted by atomic mass is 35.5. The fourth-order valence-electron chi connectivity index (χ4n) is 4.24. The molecule has 0 bridgehead atoms. The van der Waals surface area contributed by atoms with E-state index in [9.17, 15) is 9.90 Å². The zero-order valence-corrected chi connectivity index (χ0v) is 17.9. The van der Waals surface area contributed by atoms with Crippen LogP contribution in [0.15, 0.2) is 42.5 Å². The SMILES string of the molecule is CN(C)c1ccc2c(c1)[C@H]1C[C@@H](CC(=O)NCc3ccc(Cl)cc3)O[C@@H](CO)[C@H]1O2. The summed E-state index contributed by atoms with van der Waals surface area (Å²) >= 11 is 5.90. The molecular weight excluding hydrogens is 404 g/mol. The van der Waals surface area contributed by atoms with Gasteiger partial charge in [0.1, 0.15) is 18.0 Å². The van der Waals surface area contributed by atoms with Crippen LogP contribution in [0.4, 0.5) is 5.69 Å². The third kappa shape index (κ3) is 4.41. The van der Waals surface area contributed by atoms with Crippen LogP contribution < -0.4 is 15.0 Å². The summed E-state index contributed by atoms with van der Waals surface area (Å²) in [6.07, 6.45) is -0.0231. The number of aliphatic hydroxyl groups is 1. The largest absolute Gasteiger partial charge is 0.487 e. The summed E-state index contributed by atoms with van der Waals surface area (Å²) in [5, 5.41) is 13.5. The number of ether oxygens (including phenoxy) is 2. The molecular formula is C23H27ClN2O4. The Labute approximate surface area is 181 Å². The lowest BCUT2D eigenvalue weighted by Gasteiger charge is -2.37. The van der Waals surface area contributed by atoms with Gasteiger partial charge in [-0.3, -0.25) is 4.79 Å². The summed E-state index contributed by atoms with van der Waals surface area (Å²) in [4.78, 5) is 14.6. The molecule has 1 saturated heterocycles. The topological polar surface area (TPSA) is 71.0 Å². The normalized spacial score (nSPS) is 24.5. The minimum Gasteiger partial charge on any atom is -0.487 e. The highest BCUT2D eigenvalue weighted by Gasteiger charge is 2.46. The van der Waals surface area contributed by atoms with Gasteiger partial charge < -0.3 is 24.8 Å². The van der Waals surface area contributed by atoms with Crippen molar-refractivity contribution in [3.05, 3.63) is 58.6 Å². The fourth-order valence-corrected chi connectivity index (χ4v) is 4.36. The first-order valence-electron chi connectivity index (χ1n) is 10.2. The van der Waals surface area contributed by atoms with Crippen LogP contribution in [0.5, 0.6) is 5.75 Å². The summed E-state index contributed by atoms with van der Waals surface area (Å²) in [6.45, 7) is 0.301. The lowest BCUT2D eigenvalue weighted by molar-refractivity contribution is -0.142. The van der Waals surface area contributed by atoms with E-state index in [2.05, 4.69) is 16.3 Å². The average molecular weight is 431 g/mol. The molecule has 1 amide bonds. The number of aliphatic hydroxyl groups excluding tert-OH is 1. The average Bonchev–Trinajstić information content (AvgIpc) is 3.10. The zero-order valence-electron chi connectivity index (χ0n) is 17.2. The predicted molar refractivity (Wildman–Crippen MR) is 116 cm³/mol. The number of nitrogens with one attached hydrogen (secondary N) is 1. The Morgan fingerprint density at radius 1 is 1.23 bits per heavy atom. The Kier molecular flexibility index (Phi) is 6.18. The van der Waals surface area contributed by atoms with Gasteiger partial charge in [-0.25, -0.2) is 0 Å². The second kappa shape index (κ2) is 8.84. The first-order valence-corrected chi connectivity index (χ1v) is 10.6. The van der Waals surface area contributed by atoms with E-state index in [4.69, 9.17) is 21.1 Å². The molecule has 160 valence electrons. The van der Waals surface area contributed by atoms with E-state index in [-0.39, 0.29) is 37.1 Å². The number of halogens is 1. The van der Waals surface area contributed by atoms with Gasteiger partial charge in [0.25, 0.3) is 0 Å². The van der Waals surface area contributed by atoms with Gasteiger partial charge in [0.05, 0.1) is 19.1 Å². The fraction of sp³-hybridized carbons (Fsp3) is 0.435. The number of nitrogens with zero attached hydrogens (tertiary/aromatic N) is 1. The summed E-state index contributed by atoms with van der Waals surface area (Å²) in [5.41, 5.74) is 3.21. The lowest BCUT2D eigenvalue weighted by atomic mass is 9.84. The van der Waals surface area contributed by atoms with E-state index >= 15 is 0 Å². The maximum absolute atomic E-state index is 12.5. The van der Waals surface area contributed by atoms with Crippen molar-refractivity contribution in [1.29, 1.82) is 0 Å². The van der Waals surface area contributed by atoms with Crippen LogP contribution in [0.3, 0.4) is 0 Å². The molecule has 2 aromatic carbocycles. The van der Waals surface area contributed by atoms with Crippen molar-refractivity contribution in [2.45, 2.75) is 43.6 Å². The van der Waals surface area contributed by atoms with E-state index < -0.39 is 6.10 Å². The van der Waals surface area contributed by atoms with Gasteiger partial charge in [-0.15, -0.1) is 0 Å². The van der Waals surface area contributed by atoms with Crippen LogP contribution in [-0.4, -0.2) is 50.0 Å². The van der Waals surface area contributed by atoms with Gasteiger partial charge >= 0.3 is 0 Å².